The lowest BCUT2D eigenvalue weighted by Gasteiger charge is -2.19. The molecule has 31 heavy (non-hydrogen) atoms. The van der Waals surface area contributed by atoms with Gasteiger partial charge in [-0.3, -0.25) is 4.79 Å². The number of fused-ring (bicyclic) bond motifs is 2. The maximum Gasteiger partial charge on any atom is 0.421 e. The number of carbonyl (C=O) groups is 1. The quantitative estimate of drug-likeness (QED) is 0.558. The number of aryl methyl sites for hydroxylation is 1. The Balaban J connectivity index is 1.44. The van der Waals surface area contributed by atoms with Crippen LogP contribution in [0.3, 0.4) is 0 Å². The predicted molar refractivity (Wildman–Crippen MR) is 110 cm³/mol. The average molecular weight is 425 g/mol. The van der Waals surface area contributed by atoms with E-state index in [9.17, 15) is 18.0 Å². The van der Waals surface area contributed by atoms with Crippen molar-refractivity contribution < 1.29 is 18.0 Å². The van der Waals surface area contributed by atoms with Crippen molar-refractivity contribution >= 4 is 29.0 Å². The van der Waals surface area contributed by atoms with Crippen molar-refractivity contribution in [1.29, 1.82) is 0 Å². The molecule has 5 rings (SSSR count). The highest BCUT2D eigenvalue weighted by Gasteiger charge is 2.36. The fourth-order valence-corrected chi connectivity index (χ4v) is 4.07. The van der Waals surface area contributed by atoms with E-state index in [2.05, 4.69) is 25.9 Å². The molecule has 158 valence electrons. The van der Waals surface area contributed by atoms with Crippen LogP contribution in [0.4, 0.5) is 36.3 Å². The largest absolute Gasteiger partial charge is 0.421 e. The first-order chi connectivity index (χ1) is 14.9. The van der Waals surface area contributed by atoms with Crippen LogP contribution in [0.25, 0.3) is 0 Å². The number of anilines is 4. The summed E-state index contributed by atoms with van der Waals surface area (Å²) < 4.78 is 40.8. The summed E-state index contributed by atoms with van der Waals surface area (Å²) in [5, 5.41) is 8.66. The minimum Gasteiger partial charge on any atom is -0.363 e. The first-order valence-electron chi connectivity index (χ1n) is 9.85. The molecule has 3 N–H and O–H groups in total. The van der Waals surface area contributed by atoms with E-state index in [0.717, 1.165) is 35.0 Å². The van der Waals surface area contributed by atoms with Crippen LogP contribution in [0.5, 0.6) is 0 Å². The normalized spacial score (nSPS) is 17.1. The van der Waals surface area contributed by atoms with Crippen LogP contribution >= 0.6 is 0 Å². The topological polar surface area (TPSA) is 78.9 Å². The lowest BCUT2D eigenvalue weighted by molar-refractivity contribution is -0.137. The number of amides is 1. The minimum absolute atomic E-state index is 0.0408. The molecule has 2 aliphatic rings. The maximum absolute atomic E-state index is 13.6. The summed E-state index contributed by atoms with van der Waals surface area (Å²) >= 11 is 0. The molecule has 0 saturated carbocycles. The minimum atomic E-state index is -4.58. The predicted octanol–water partition coefficient (Wildman–Crippen LogP) is 4.83. The summed E-state index contributed by atoms with van der Waals surface area (Å²) in [5.74, 6) is -0.315. The van der Waals surface area contributed by atoms with E-state index < -0.39 is 11.7 Å². The summed E-state index contributed by atoms with van der Waals surface area (Å²) in [6.07, 6.45) is -2.05. The number of alkyl halides is 3. The molecule has 1 aliphatic heterocycles. The van der Waals surface area contributed by atoms with Crippen LogP contribution in [0.1, 0.15) is 34.7 Å². The number of halogens is 3. The van der Waals surface area contributed by atoms with Crippen molar-refractivity contribution in [1.82, 2.24) is 9.97 Å². The van der Waals surface area contributed by atoms with Gasteiger partial charge in [0.15, 0.2) is 0 Å². The first kappa shape index (κ1) is 19.3. The van der Waals surface area contributed by atoms with Crippen LogP contribution in [-0.2, 0) is 23.8 Å². The van der Waals surface area contributed by atoms with Crippen LogP contribution in [0, 0.1) is 0 Å². The van der Waals surface area contributed by atoms with Crippen molar-refractivity contribution in [3.05, 3.63) is 70.9 Å². The van der Waals surface area contributed by atoms with Gasteiger partial charge in [-0.15, -0.1) is 0 Å². The van der Waals surface area contributed by atoms with Gasteiger partial charge >= 0.3 is 6.18 Å². The summed E-state index contributed by atoms with van der Waals surface area (Å²) in [6.45, 7) is 0. The molecule has 6 nitrogen and oxygen atoms in total. The Bertz CT molecular complexity index is 1180. The molecule has 3 aromatic rings. The van der Waals surface area contributed by atoms with Gasteiger partial charge in [-0.2, -0.15) is 18.2 Å². The molecule has 2 heterocycles. The van der Waals surface area contributed by atoms with Gasteiger partial charge in [0, 0.05) is 17.6 Å². The lowest BCUT2D eigenvalue weighted by atomic mass is 10.1. The molecule has 1 unspecified atom stereocenters. The van der Waals surface area contributed by atoms with E-state index in [4.69, 9.17) is 0 Å². The molecule has 0 fully saturated rings. The second kappa shape index (κ2) is 7.26. The number of hydrogen-bond acceptors (Lipinski definition) is 5. The number of rotatable bonds is 4. The Kier molecular flexibility index (Phi) is 4.53. The number of carbonyl (C=O) groups excluding carboxylic acids is 1. The third-order valence-electron chi connectivity index (χ3n) is 5.52. The second-order valence-corrected chi connectivity index (χ2v) is 7.61. The van der Waals surface area contributed by atoms with Crippen molar-refractivity contribution in [2.75, 3.05) is 16.0 Å². The van der Waals surface area contributed by atoms with Crippen molar-refractivity contribution in [2.45, 2.75) is 31.5 Å². The third kappa shape index (κ3) is 3.78. The molecular weight excluding hydrogens is 407 g/mol. The fraction of sp³-hybridized carbons (Fsp3) is 0.227. The van der Waals surface area contributed by atoms with Crippen molar-refractivity contribution in [3.63, 3.8) is 0 Å². The van der Waals surface area contributed by atoms with Crippen LogP contribution in [0.15, 0.2) is 48.7 Å². The molecular formula is C22H18F3N5O. The lowest BCUT2D eigenvalue weighted by Crippen LogP contribution is -2.17. The number of benzene rings is 2. The number of aromatic nitrogens is 2. The summed E-state index contributed by atoms with van der Waals surface area (Å²) in [6, 6.07) is 12.7. The molecule has 1 amide bonds. The Hall–Kier alpha value is -3.62. The molecule has 0 bridgehead atoms. The molecule has 2 aromatic carbocycles. The zero-order valence-corrected chi connectivity index (χ0v) is 16.3. The van der Waals surface area contributed by atoms with Gasteiger partial charge in [0.1, 0.15) is 11.4 Å². The monoisotopic (exact) mass is 425 g/mol. The second-order valence-electron chi connectivity index (χ2n) is 7.61. The van der Waals surface area contributed by atoms with E-state index in [-0.39, 0.29) is 30.1 Å². The summed E-state index contributed by atoms with van der Waals surface area (Å²) in [4.78, 5) is 19.5. The van der Waals surface area contributed by atoms with Crippen LogP contribution in [-0.4, -0.2) is 15.9 Å². The summed E-state index contributed by atoms with van der Waals surface area (Å²) in [5.41, 5.74) is 3.33. The average Bonchev–Trinajstić information content (AvgIpc) is 3.29. The number of nitrogens with zero attached hydrogens (tertiary/aromatic N) is 2. The van der Waals surface area contributed by atoms with E-state index >= 15 is 0 Å². The van der Waals surface area contributed by atoms with E-state index in [0.29, 0.717) is 12.1 Å². The van der Waals surface area contributed by atoms with E-state index in [1.54, 1.807) is 18.2 Å². The molecule has 0 saturated heterocycles. The highest BCUT2D eigenvalue weighted by Crippen LogP contribution is 2.39. The zero-order chi connectivity index (χ0) is 21.6. The van der Waals surface area contributed by atoms with Crippen molar-refractivity contribution in [2.24, 2.45) is 0 Å². The smallest absolute Gasteiger partial charge is 0.363 e. The standard InChI is InChI=1S/C22H18F3N5O/c23-22(24,25)16-11-26-21(27-14-6-8-17-13(9-14)10-19(31)28-17)30-20(16)29-18-7-5-12-3-1-2-4-15(12)18/h1-4,6,8-9,11,18H,5,7,10H2,(H,28,31)(H2,26,27,29,30). The Morgan fingerprint density at radius 1 is 1.10 bits per heavy atom. The SMILES string of the molecule is O=C1Cc2cc(Nc3ncc(C(F)(F)F)c(NC4CCc5ccccc54)n3)ccc2N1. The van der Waals surface area contributed by atoms with Gasteiger partial charge in [0.25, 0.3) is 0 Å². The Morgan fingerprint density at radius 3 is 2.77 bits per heavy atom. The number of nitrogens with one attached hydrogen (secondary N) is 3. The molecule has 1 atom stereocenters. The van der Waals surface area contributed by atoms with Gasteiger partial charge in [0.2, 0.25) is 11.9 Å². The summed E-state index contributed by atoms with van der Waals surface area (Å²) in [7, 11) is 0. The Morgan fingerprint density at radius 2 is 1.94 bits per heavy atom. The van der Waals surface area contributed by atoms with Gasteiger partial charge < -0.3 is 16.0 Å². The molecule has 0 radical (unpaired) electrons. The van der Waals surface area contributed by atoms with Crippen LogP contribution in [0.2, 0.25) is 0 Å². The first-order valence-corrected chi connectivity index (χ1v) is 9.85. The molecule has 1 aromatic heterocycles. The third-order valence-corrected chi connectivity index (χ3v) is 5.52. The maximum atomic E-state index is 13.6. The molecule has 9 heteroatoms. The van der Waals surface area contributed by atoms with Gasteiger partial charge in [-0.05, 0) is 47.7 Å². The van der Waals surface area contributed by atoms with Gasteiger partial charge in [-0.25, -0.2) is 4.98 Å². The van der Waals surface area contributed by atoms with Gasteiger partial charge in [0.05, 0.1) is 12.5 Å². The molecule has 0 spiro atoms. The fourth-order valence-electron chi connectivity index (χ4n) is 4.07. The zero-order valence-electron chi connectivity index (χ0n) is 16.3. The highest BCUT2D eigenvalue weighted by atomic mass is 19.4. The Labute approximate surface area is 175 Å². The highest BCUT2D eigenvalue weighted by molar-refractivity contribution is 5.99. The molecule has 1 aliphatic carbocycles. The van der Waals surface area contributed by atoms with E-state index in [1.165, 1.54) is 0 Å². The van der Waals surface area contributed by atoms with Gasteiger partial charge in [-0.1, -0.05) is 24.3 Å². The van der Waals surface area contributed by atoms with Crippen molar-refractivity contribution in [3.8, 4) is 0 Å². The van der Waals surface area contributed by atoms with E-state index in [1.807, 2.05) is 24.3 Å². The number of hydrogen-bond donors (Lipinski definition) is 3. The van der Waals surface area contributed by atoms with Crippen LogP contribution < -0.4 is 16.0 Å².